The Hall–Kier alpha value is -3.26. The number of nitrogens with zero attached hydrogens (tertiary/aromatic N) is 3. The van der Waals surface area contributed by atoms with E-state index < -0.39 is 0 Å². The molecule has 3 heterocycles. The number of methoxy groups -OCH3 is 1. The van der Waals surface area contributed by atoms with E-state index in [0.29, 0.717) is 41.3 Å². The van der Waals surface area contributed by atoms with Crippen LogP contribution in [-0.4, -0.2) is 40.8 Å². The summed E-state index contributed by atoms with van der Waals surface area (Å²) >= 11 is 6.29. The van der Waals surface area contributed by atoms with Gasteiger partial charge in [0.05, 0.1) is 36.8 Å². The Kier molecular flexibility index (Phi) is 5.50. The largest absolute Gasteiger partial charge is 0.492 e. The van der Waals surface area contributed by atoms with Crippen molar-refractivity contribution in [3.63, 3.8) is 0 Å². The normalized spacial score (nSPS) is 14.7. The average molecular weight is 429 g/mol. The molecule has 1 atom stereocenters. The van der Waals surface area contributed by atoms with Crippen LogP contribution in [-0.2, 0) is 0 Å². The van der Waals surface area contributed by atoms with Gasteiger partial charge in [-0.05, 0) is 32.0 Å². The minimum Gasteiger partial charge on any atom is -0.492 e. The number of benzene rings is 1. The number of aryl methyl sites for hydroxylation is 1. The van der Waals surface area contributed by atoms with Crippen molar-refractivity contribution in [1.82, 2.24) is 19.9 Å². The van der Waals surface area contributed by atoms with Crippen molar-refractivity contribution in [2.45, 2.75) is 19.9 Å². The molecule has 1 aromatic carbocycles. The lowest BCUT2D eigenvalue weighted by atomic mass is 10.1. The lowest BCUT2D eigenvalue weighted by molar-refractivity contribution is 0.0924. The Morgan fingerprint density at radius 2 is 2.23 bits per heavy atom. The van der Waals surface area contributed by atoms with Gasteiger partial charge in [0.2, 0.25) is 5.88 Å². The number of fused-ring (bicyclic) bond motifs is 1. The molecule has 8 nitrogen and oxygen atoms in total. The third-order valence-electron chi connectivity index (χ3n) is 4.71. The molecule has 0 aliphatic carbocycles. The maximum atomic E-state index is 12.8. The Balaban J connectivity index is 1.55. The van der Waals surface area contributed by atoms with Crippen LogP contribution in [0, 0.1) is 6.92 Å². The molecule has 1 aliphatic heterocycles. The summed E-state index contributed by atoms with van der Waals surface area (Å²) in [6, 6.07) is 6.58. The Morgan fingerprint density at radius 3 is 2.93 bits per heavy atom. The second kappa shape index (κ2) is 8.23. The van der Waals surface area contributed by atoms with Gasteiger partial charge in [-0.3, -0.25) is 4.79 Å². The van der Waals surface area contributed by atoms with Crippen molar-refractivity contribution in [3.05, 3.63) is 58.8 Å². The minimum absolute atomic E-state index is 0.234. The maximum absolute atomic E-state index is 12.8. The van der Waals surface area contributed by atoms with E-state index in [1.807, 2.05) is 20.0 Å². The van der Waals surface area contributed by atoms with E-state index in [9.17, 15) is 4.79 Å². The summed E-state index contributed by atoms with van der Waals surface area (Å²) in [5.41, 5.74) is 2.59. The number of carbonyl (C=O) groups is 1. The molecule has 1 amide bonds. The lowest BCUT2D eigenvalue weighted by Crippen LogP contribution is -2.30. The second-order valence-electron chi connectivity index (χ2n) is 6.74. The molecule has 156 valence electrons. The van der Waals surface area contributed by atoms with Crippen LogP contribution in [0.1, 0.15) is 34.7 Å². The van der Waals surface area contributed by atoms with Gasteiger partial charge >= 0.3 is 0 Å². The predicted octanol–water partition coefficient (Wildman–Crippen LogP) is 3.50. The zero-order valence-electron chi connectivity index (χ0n) is 16.8. The number of nitrogens with one attached hydrogen (secondary N) is 1. The number of ether oxygens (including phenoxy) is 3. The number of aromatic nitrogens is 3. The van der Waals surface area contributed by atoms with E-state index in [1.165, 1.54) is 7.11 Å². The molecule has 30 heavy (non-hydrogen) atoms. The Bertz CT molecular complexity index is 1100. The van der Waals surface area contributed by atoms with Gasteiger partial charge in [-0.2, -0.15) is 0 Å². The van der Waals surface area contributed by atoms with Gasteiger partial charge in [0.25, 0.3) is 5.91 Å². The number of amides is 1. The number of carbonyl (C=O) groups excluding carboxylic acids is 1. The van der Waals surface area contributed by atoms with Crippen molar-refractivity contribution < 1.29 is 19.0 Å². The molecule has 2 aromatic heterocycles. The fraction of sp³-hybridized carbons (Fsp3) is 0.286. The van der Waals surface area contributed by atoms with Crippen molar-refractivity contribution in [3.8, 4) is 23.1 Å². The van der Waals surface area contributed by atoms with Crippen molar-refractivity contribution >= 4 is 17.5 Å². The van der Waals surface area contributed by atoms with Crippen LogP contribution in [0.25, 0.3) is 5.69 Å². The number of hydrogen-bond donors (Lipinski definition) is 1. The summed E-state index contributed by atoms with van der Waals surface area (Å²) < 4.78 is 18.4. The topological polar surface area (TPSA) is 87.5 Å². The smallest absolute Gasteiger partial charge is 0.270 e. The van der Waals surface area contributed by atoms with Crippen LogP contribution in [0.4, 0.5) is 0 Å². The highest BCUT2D eigenvalue weighted by Crippen LogP contribution is 2.40. The van der Waals surface area contributed by atoms with Gasteiger partial charge in [-0.1, -0.05) is 11.6 Å². The standard InChI is InChI=1S/C21H21ClN4O4/c1-4-29-19-8-18-13(7-14(19)22)16(10-30-18)24-20(27)15-5-6-17(21(25-15)28-3)26-9-12(2)23-11-26/h5-9,11,16H,4,10H2,1-3H3,(H,24,27)/t16-/m1/s1. The summed E-state index contributed by atoms with van der Waals surface area (Å²) in [6.45, 7) is 4.58. The molecule has 0 saturated carbocycles. The van der Waals surface area contributed by atoms with Crippen LogP contribution >= 0.6 is 11.6 Å². The highest BCUT2D eigenvalue weighted by atomic mass is 35.5. The summed E-state index contributed by atoms with van der Waals surface area (Å²) in [7, 11) is 1.51. The van der Waals surface area contributed by atoms with Crippen LogP contribution < -0.4 is 19.5 Å². The molecule has 1 aliphatic rings. The van der Waals surface area contributed by atoms with Gasteiger partial charge in [0.1, 0.15) is 29.5 Å². The second-order valence-corrected chi connectivity index (χ2v) is 7.14. The van der Waals surface area contributed by atoms with Crippen molar-refractivity contribution in [1.29, 1.82) is 0 Å². The maximum Gasteiger partial charge on any atom is 0.270 e. The van der Waals surface area contributed by atoms with Crippen LogP contribution in [0.3, 0.4) is 0 Å². The monoisotopic (exact) mass is 428 g/mol. The number of hydrogen-bond acceptors (Lipinski definition) is 6. The van der Waals surface area contributed by atoms with Gasteiger partial charge < -0.3 is 24.1 Å². The molecule has 0 fully saturated rings. The molecule has 0 bridgehead atoms. The summed E-state index contributed by atoms with van der Waals surface area (Å²) in [4.78, 5) is 21.4. The Morgan fingerprint density at radius 1 is 1.40 bits per heavy atom. The first kappa shape index (κ1) is 20.0. The van der Waals surface area contributed by atoms with Crippen LogP contribution in [0.5, 0.6) is 17.4 Å². The number of rotatable bonds is 6. The quantitative estimate of drug-likeness (QED) is 0.646. The fourth-order valence-corrected chi connectivity index (χ4v) is 3.51. The minimum atomic E-state index is -0.343. The number of imidazole rings is 1. The highest BCUT2D eigenvalue weighted by Gasteiger charge is 2.28. The molecule has 1 N–H and O–H groups in total. The zero-order valence-corrected chi connectivity index (χ0v) is 17.6. The van der Waals surface area contributed by atoms with E-state index >= 15 is 0 Å². The first-order valence-corrected chi connectivity index (χ1v) is 9.83. The first-order chi connectivity index (χ1) is 14.5. The van der Waals surface area contributed by atoms with E-state index in [-0.39, 0.29) is 17.6 Å². The zero-order chi connectivity index (χ0) is 21.3. The van der Waals surface area contributed by atoms with E-state index in [2.05, 4.69) is 15.3 Å². The molecule has 4 rings (SSSR count). The third-order valence-corrected chi connectivity index (χ3v) is 5.00. The molecule has 0 spiro atoms. The molecule has 9 heteroatoms. The molecule has 0 unspecified atom stereocenters. The van der Waals surface area contributed by atoms with Gasteiger partial charge in [-0.15, -0.1) is 0 Å². The van der Waals surface area contributed by atoms with Crippen molar-refractivity contribution in [2.24, 2.45) is 0 Å². The molecule has 3 aromatic rings. The third kappa shape index (κ3) is 3.78. The SMILES string of the molecule is CCOc1cc2c(cc1Cl)[C@H](NC(=O)c1ccc(-n3cnc(C)c3)c(OC)n1)CO2. The summed E-state index contributed by atoms with van der Waals surface area (Å²) in [6.07, 6.45) is 3.52. The molecular formula is C21H21ClN4O4. The van der Waals surface area contributed by atoms with Crippen LogP contribution in [0.2, 0.25) is 5.02 Å². The average Bonchev–Trinajstić information content (AvgIpc) is 3.34. The van der Waals surface area contributed by atoms with Crippen molar-refractivity contribution in [2.75, 3.05) is 20.3 Å². The Labute approximate surface area is 178 Å². The van der Waals surface area contributed by atoms with Gasteiger partial charge in [-0.25, -0.2) is 9.97 Å². The summed E-state index contributed by atoms with van der Waals surface area (Å²) in [5, 5.41) is 3.42. The van der Waals surface area contributed by atoms with E-state index in [4.69, 9.17) is 25.8 Å². The van der Waals surface area contributed by atoms with E-state index in [1.54, 1.807) is 35.2 Å². The predicted molar refractivity (Wildman–Crippen MR) is 111 cm³/mol. The van der Waals surface area contributed by atoms with Gasteiger partial charge in [0.15, 0.2) is 0 Å². The highest BCUT2D eigenvalue weighted by molar-refractivity contribution is 6.32. The van der Waals surface area contributed by atoms with Crippen LogP contribution in [0.15, 0.2) is 36.8 Å². The van der Waals surface area contributed by atoms with E-state index in [0.717, 1.165) is 11.3 Å². The summed E-state index contributed by atoms with van der Waals surface area (Å²) in [5.74, 6) is 1.19. The number of halogens is 1. The molecule has 0 saturated heterocycles. The number of pyridine rings is 1. The molecule has 0 radical (unpaired) electrons. The lowest BCUT2D eigenvalue weighted by Gasteiger charge is -2.14. The fourth-order valence-electron chi connectivity index (χ4n) is 3.29. The first-order valence-electron chi connectivity index (χ1n) is 9.46. The van der Waals surface area contributed by atoms with Gasteiger partial charge in [0, 0.05) is 17.8 Å². The molecular weight excluding hydrogens is 408 g/mol.